The molecule has 1 heterocycles. The van der Waals surface area contributed by atoms with E-state index in [0.717, 1.165) is 32.4 Å². The standard InChI is InChI=1S/C15H27NO3/c1-5-15(3,4)14(18)16-9-7-12(8-10-16)11-13(17)19-6-2/h12H,5-11H2,1-4H3. The van der Waals surface area contributed by atoms with Crippen LogP contribution >= 0.6 is 0 Å². The zero-order chi connectivity index (χ0) is 14.5. The molecule has 0 spiro atoms. The van der Waals surface area contributed by atoms with Crippen LogP contribution in [-0.4, -0.2) is 36.5 Å². The van der Waals surface area contributed by atoms with Crippen LogP contribution in [0.4, 0.5) is 0 Å². The summed E-state index contributed by atoms with van der Waals surface area (Å²) < 4.78 is 4.97. The van der Waals surface area contributed by atoms with Gasteiger partial charge in [0.25, 0.3) is 0 Å². The number of ether oxygens (including phenoxy) is 1. The van der Waals surface area contributed by atoms with Gasteiger partial charge in [0, 0.05) is 24.9 Å². The van der Waals surface area contributed by atoms with Gasteiger partial charge < -0.3 is 9.64 Å². The van der Waals surface area contributed by atoms with Gasteiger partial charge in [-0.05, 0) is 32.1 Å². The molecule has 1 amide bonds. The SMILES string of the molecule is CCOC(=O)CC1CCN(C(=O)C(C)(C)CC)CC1. The fourth-order valence-electron chi connectivity index (χ4n) is 2.38. The molecule has 19 heavy (non-hydrogen) atoms. The monoisotopic (exact) mass is 269 g/mol. The van der Waals surface area contributed by atoms with Crippen molar-refractivity contribution in [2.75, 3.05) is 19.7 Å². The van der Waals surface area contributed by atoms with E-state index in [-0.39, 0.29) is 17.3 Å². The van der Waals surface area contributed by atoms with Gasteiger partial charge in [-0.25, -0.2) is 0 Å². The Morgan fingerprint density at radius 3 is 2.26 bits per heavy atom. The van der Waals surface area contributed by atoms with E-state index in [1.807, 2.05) is 32.6 Å². The van der Waals surface area contributed by atoms with Crippen LogP contribution in [0.2, 0.25) is 0 Å². The Bertz CT molecular complexity index is 317. The Morgan fingerprint density at radius 2 is 1.79 bits per heavy atom. The van der Waals surface area contributed by atoms with Gasteiger partial charge in [-0.2, -0.15) is 0 Å². The number of amides is 1. The third kappa shape index (κ3) is 4.51. The molecule has 0 aromatic rings. The number of rotatable bonds is 5. The number of hydrogen-bond donors (Lipinski definition) is 0. The number of carbonyl (C=O) groups excluding carboxylic acids is 2. The Kier molecular flexibility index (Phi) is 5.83. The first-order valence-electron chi connectivity index (χ1n) is 7.35. The largest absolute Gasteiger partial charge is 0.466 e. The molecule has 0 aliphatic carbocycles. The molecule has 110 valence electrons. The quantitative estimate of drug-likeness (QED) is 0.721. The first kappa shape index (κ1) is 16.0. The maximum Gasteiger partial charge on any atom is 0.306 e. The highest BCUT2D eigenvalue weighted by molar-refractivity contribution is 5.82. The van der Waals surface area contributed by atoms with Crippen molar-refractivity contribution in [2.24, 2.45) is 11.3 Å². The van der Waals surface area contributed by atoms with E-state index >= 15 is 0 Å². The third-order valence-corrected chi connectivity index (χ3v) is 4.13. The summed E-state index contributed by atoms with van der Waals surface area (Å²) in [5.74, 6) is 0.499. The summed E-state index contributed by atoms with van der Waals surface area (Å²) in [7, 11) is 0. The van der Waals surface area contributed by atoms with Gasteiger partial charge in [0.1, 0.15) is 0 Å². The van der Waals surface area contributed by atoms with E-state index in [9.17, 15) is 9.59 Å². The van der Waals surface area contributed by atoms with E-state index < -0.39 is 0 Å². The van der Waals surface area contributed by atoms with Crippen molar-refractivity contribution < 1.29 is 14.3 Å². The van der Waals surface area contributed by atoms with Crippen LogP contribution in [0.15, 0.2) is 0 Å². The summed E-state index contributed by atoms with van der Waals surface area (Å²) in [4.78, 5) is 25.7. The highest BCUT2D eigenvalue weighted by Crippen LogP contribution is 2.27. The van der Waals surface area contributed by atoms with Crippen molar-refractivity contribution in [1.82, 2.24) is 4.90 Å². The number of likely N-dealkylation sites (tertiary alicyclic amines) is 1. The van der Waals surface area contributed by atoms with Crippen molar-refractivity contribution in [3.8, 4) is 0 Å². The highest BCUT2D eigenvalue weighted by atomic mass is 16.5. The molecule has 0 radical (unpaired) electrons. The molecule has 0 aromatic carbocycles. The molecule has 1 saturated heterocycles. The van der Waals surface area contributed by atoms with Crippen molar-refractivity contribution in [3.63, 3.8) is 0 Å². The summed E-state index contributed by atoms with van der Waals surface area (Å²) in [6.07, 6.45) is 3.16. The summed E-state index contributed by atoms with van der Waals surface area (Å²) in [6.45, 7) is 9.86. The summed E-state index contributed by atoms with van der Waals surface area (Å²) in [5.41, 5.74) is -0.270. The molecule has 1 aliphatic rings. The Labute approximate surface area is 116 Å². The summed E-state index contributed by atoms with van der Waals surface area (Å²) >= 11 is 0. The summed E-state index contributed by atoms with van der Waals surface area (Å²) in [6, 6.07) is 0. The second kappa shape index (κ2) is 6.92. The minimum absolute atomic E-state index is 0.110. The molecular formula is C15H27NO3. The first-order chi connectivity index (χ1) is 8.90. The van der Waals surface area contributed by atoms with Gasteiger partial charge in [0.15, 0.2) is 0 Å². The van der Waals surface area contributed by atoms with Gasteiger partial charge in [0.2, 0.25) is 5.91 Å². The molecule has 1 rings (SSSR count). The van der Waals surface area contributed by atoms with E-state index in [1.54, 1.807) is 0 Å². The Hall–Kier alpha value is -1.06. The van der Waals surface area contributed by atoms with Crippen LogP contribution in [0.3, 0.4) is 0 Å². The van der Waals surface area contributed by atoms with Gasteiger partial charge >= 0.3 is 5.97 Å². The van der Waals surface area contributed by atoms with E-state index in [1.165, 1.54) is 0 Å². The van der Waals surface area contributed by atoms with Crippen LogP contribution in [0.1, 0.15) is 53.4 Å². The smallest absolute Gasteiger partial charge is 0.306 e. The third-order valence-electron chi connectivity index (χ3n) is 4.13. The maximum atomic E-state index is 12.3. The van der Waals surface area contributed by atoms with Crippen molar-refractivity contribution in [2.45, 2.75) is 53.4 Å². The zero-order valence-electron chi connectivity index (χ0n) is 12.7. The number of carbonyl (C=O) groups is 2. The van der Waals surface area contributed by atoms with E-state index in [0.29, 0.717) is 18.9 Å². The molecule has 0 unspecified atom stereocenters. The lowest BCUT2D eigenvalue weighted by molar-refractivity contribution is -0.145. The minimum atomic E-state index is -0.270. The molecule has 0 aromatic heterocycles. The topological polar surface area (TPSA) is 46.6 Å². The number of nitrogens with zero attached hydrogens (tertiary/aromatic N) is 1. The number of hydrogen-bond acceptors (Lipinski definition) is 3. The Balaban J connectivity index is 2.41. The fraction of sp³-hybridized carbons (Fsp3) is 0.867. The maximum absolute atomic E-state index is 12.3. The number of esters is 1. The molecule has 0 bridgehead atoms. The molecule has 0 saturated carbocycles. The molecule has 1 fully saturated rings. The van der Waals surface area contributed by atoms with Crippen LogP contribution in [-0.2, 0) is 14.3 Å². The Morgan fingerprint density at radius 1 is 1.21 bits per heavy atom. The predicted octanol–water partition coefficient (Wildman–Crippen LogP) is 2.61. The van der Waals surface area contributed by atoms with Gasteiger partial charge in [-0.15, -0.1) is 0 Å². The van der Waals surface area contributed by atoms with Gasteiger partial charge in [0.05, 0.1) is 6.61 Å². The highest BCUT2D eigenvalue weighted by Gasteiger charge is 2.32. The average Bonchev–Trinajstić information content (AvgIpc) is 2.39. The molecule has 4 heteroatoms. The minimum Gasteiger partial charge on any atom is -0.466 e. The number of piperidine rings is 1. The van der Waals surface area contributed by atoms with E-state index in [4.69, 9.17) is 4.74 Å². The molecule has 4 nitrogen and oxygen atoms in total. The average molecular weight is 269 g/mol. The second-order valence-corrected chi connectivity index (χ2v) is 5.98. The lowest BCUT2D eigenvalue weighted by Gasteiger charge is -2.36. The van der Waals surface area contributed by atoms with Crippen molar-refractivity contribution in [1.29, 1.82) is 0 Å². The van der Waals surface area contributed by atoms with Gasteiger partial charge in [-0.1, -0.05) is 20.8 Å². The molecule has 0 atom stereocenters. The molecular weight excluding hydrogens is 242 g/mol. The van der Waals surface area contributed by atoms with Crippen LogP contribution in [0, 0.1) is 11.3 Å². The summed E-state index contributed by atoms with van der Waals surface area (Å²) in [5, 5.41) is 0. The van der Waals surface area contributed by atoms with Crippen LogP contribution < -0.4 is 0 Å². The molecule has 0 N–H and O–H groups in total. The van der Waals surface area contributed by atoms with Crippen molar-refractivity contribution in [3.05, 3.63) is 0 Å². The van der Waals surface area contributed by atoms with Crippen LogP contribution in [0.5, 0.6) is 0 Å². The molecule has 1 aliphatic heterocycles. The van der Waals surface area contributed by atoms with Gasteiger partial charge in [-0.3, -0.25) is 9.59 Å². The zero-order valence-corrected chi connectivity index (χ0v) is 12.7. The lowest BCUT2D eigenvalue weighted by atomic mass is 9.86. The lowest BCUT2D eigenvalue weighted by Crippen LogP contribution is -2.45. The van der Waals surface area contributed by atoms with E-state index in [2.05, 4.69) is 0 Å². The predicted molar refractivity (Wildman–Crippen MR) is 74.6 cm³/mol. The normalized spacial score (nSPS) is 17.4. The first-order valence-corrected chi connectivity index (χ1v) is 7.35. The fourth-order valence-corrected chi connectivity index (χ4v) is 2.38. The second-order valence-electron chi connectivity index (χ2n) is 5.98. The van der Waals surface area contributed by atoms with Crippen LogP contribution in [0.25, 0.3) is 0 Å². The van der Waals surface area contributed by atoms with Crippen molar-refractivity contribution >= 4 is 11.9 Å².